The van der Waals surface area contributed by atoms with E-state index in [0.29, 0.717) is 43.9 Å². The van der Waals surface area contributed by atoms with Crippen LogP contribution in [-0.4, -0.2) is 45.9 Å². The summed E-state index contributed by atoms with van der Waals surface area (Å²) in [5.74, 6) is -1.32. The molecule has 2 rings (SSSR count). The molecule has 0 aliphatic carbocycles. The van der Waals surface area contributed by atoms with Crippen LogP contribution in [0.2, 0.25) is 0 Å². The van der Waals surface area contributed by atoms with Gasteiger partial charge >= 0.3 is 11.9 Å². The van der Waals surface area contributed by atoms with Gasteiger partial charge < -0.3 is 14.6 Å². The normalized spacial score (nSPS) is 14.2. The van der Waals surface area contributed by atoms with Gasteiger partial charge in [-0.2, -0.15) is 0 Å². The molecule has 0 bridgehead atoms. The molecule has 0 amide bonds. The maximum Gasteiger partial charge on any atom is 0.313 e. The van der Waals surface area contributed by atoms with Gasteiger partial charge in [-0.05, 0) is 49.7 Å². The Morgan fingerprint density at radius 1 is 1.15 bits per heavy atom. The molecule has 2 atom stereocenters. The Labute approximate surface area is 201 Å². The van der Waals surface area contributed by atoms with E-state index in [-0.39, 0.29) is 23.2 Å². The molecule has 0 radical (unpaired) electrons. The molecule has 0 saturated heterocycles. The molecule has 8 nitrogen and oxygen atoms in total. The van der Waals surface area contributed by atoms with Gasteiger partial charge in [-0.15, -0.1) is 5.10 Å². The number of benzene rings is 1. The number of carboxylic acid groups (broad SMARTS) is 1. The van der Waals surface area contributed by atoms with E-state index >= 15 is 0 Å². The summed E-state index contributed by atoms with van der Waals surface area (Å²) >= 11 is 0. The van der Waals surface area contributed by atoms with Crippen LogP contribution in [0.5, 0.6) is 5.88 Å². The van der Waals surface area contributed by atoms with Crippen molar-refractivity contribution in [2.24, 2.45) is 11.3 Å². The van der Waals surface area contributed by atoms with Gasteiger partial charge in [0.25, 0.3) is 0 Å². The summed E-state index contributed by atoms with van der Waals surface area (Å²) in [6.45, 7) is 11.4. The van der Waals surface area contributed by atoms with Gasteiger partial charge in [0.2, 0.25) is 11.8 Å². The maximum atomic E-state index is 12.4. The van der Waals surface area contributed by atoms with Crippen molar-refractivity contribution in [3.8, 4) is 5.88 Å². The number of hydrogen-bond acceptors (Lipinski definition) is 6. The molecule has 0 saturated carbocycles. The van der Waals surface area contributed by atoms with E-state index in [1.807, 2.05) is 45.0 Å². The number of nitrogens with zero attached hydrogens (tertiary/aromatic N) is 2. The second kappa shape index (κ2) is 11.3. The SMILES string of the molecule is CCOC(=O)C(C)Cc1cccc(C(C)(CCC(C)(C)COc2ccn(C(C)=O)n2)C(=O)O)c1. The van der Waals surface area contributed by atoms with Gasteiger partial charge in [0.15, 0.2) is 0 Å². The van der Waals surface area contributed by atoms with E-state index in [0.717, 1.165) is 5.56 Å². The van der Waals surface area contributed by atoms with Crippen LogP contribution in [-0.2, 0) is 26.2 Å². The highest BCUT2D eigenvalue weighted by atomic mass is 16.5. The summed E-state index contributed by atoms with van der Waals surface area (Å²) in [7, 11) is 0. The molecule has 1 aromatic carbocycles. The minimum Gasteiger partial charge on any atom is -0.481 e. The molecule has 0 aliphatic rings. The largest absolute Gasteiger partial charge is 0.481 e. The number of rotatable bonds is 12. The van der Waals surface area contributed by atoms with Crippen LogP contribution in [0.1, 0.15) is 70.3 Å². The van der Waals surface area contributed by atoms with Crippen molar-refractivity contribution in [2.75, 3.05) is 13.2 Å². The zero-order chi connectivity index (χ0) is 25.5. The van der Waals surface area contributed by atoms with Crippen LogP contribution in [0.4, 0.5) is 0 Å². The number of ether oxygens (including phenoxy) is 2. The fourth-order valence-corrected chi connectivity index (χ4v) is 3.63. The maximum absolute atomic E-state index is 12.4. The fraction of sp³-hybridized carbons (Fsp3) is 0.538. The number of hydrogen-bond donors (Lipinski definition) is 1. The lowest BCUT2D eigenvalue weighted by atomic mass is 9.73. The van der Waals surface area contributed by atoms with Crippen molar-refractivity contribution in [2.45, 2.75) is 66.2 Å². The zero-order valence-corrected chi connectivity index (χ0v) is 21.0. The Balaban J connectivity index is 2.09. The highest BCUT2D eigenvalue weighted by Crippen LogP contribution is 2.35. The molecule has 1 N–H and O–H groups in total. The summed E-state index contributed by atoms with van der Waals surface area (Å²) in [6, 6.07) is 9.07. The summed E-state index contributed by atoms with van der Waals surface area (Å²) < 4.78 is 12.1. The summed E-state index contributed by atoms with van der Waals surface area (Å²) in [6.07, 6.45) is 3.01. The van der Waals surface area contributed by atoms with Crippen molar-refractivity contribution in [3.05, 3.63) is 47.7 Å². The predicted molar refractivity (Wildman–Crippen MR) is 128 cm³/mol. The lowest BCUT2D eigenvalue weighted by Gasteiger charge is -2.31. The quantitative estimate of drug-likeness (QED) is 0.453. The topological polar surface area (TPSA) is 108 Å². The van der Waals surface area contributed by atoms with E-state index in [1.54, 1.807) is 26.1 Å². The van der Waals surface area contributed by atoms with Gasteiger partial charge in [0, 0.05) is 19.2 Å². The third-order valence-electron chi connectivity index (χ3n) is 6.07. The average Bonchev–Trinajstić information content (AvgIpc) is 3.26. The first kappa shape index (κ1) is 27.1. The van der Waals surface area contributed by atoms with Gasteiger partial charge in [0.1, 0.15) is 0 Å². The second-order valence-corrected chi connectivity index (χ2v) is 9.77. The lowest BCUT2D eigenvalue weighted by molar-refractivity contribution is -0.147. The van der Waals surface area contributed by atoms with E-state index in [4.69, 9.17) is 9.47 Å². The molecule has 1 heterocycles. The van der Waals surface area contributed by atoms with Crippen LogP contribution in [0.3, 0.4) is 0 Å². The molecular weight excluding hydrogens is 436 g/mol. The molecule has 2 aromatic rings. The second-order valence-electron chi connectivity index (χ2n) is 9.77. The van der Waals surface area contributed by atoms with Gasteiger partial charge in [-0.25, -0.2) is 4.68 Å². The number of aromatic nitrogens is 2. The van der Waals surface area contributed by atoms with Gasteiger partial charge in [-0.1, -0.05) is 45.0 Å². The third-order valence-corrected chi connectivity index (χ3v) is 6.07. The predicted octanol–water partition coefficient (Wildman–Crippen LogP) is 4.51. The number of carbonyl (C=O) groups is 3. The van der Waals surface area contributed by atoms with Crippen LogP contribution in [0, 0.1) is 11.3 Å². The molecule has 186 valence electrons. The fourth-order valence-electron chi connectivity index (χ4n) is 3.63. The monoisotopic (exact) mass is 472 g/mol. The number of aliphatic carboxylic acids is 1. The summed E-state index contributed by atoms with van der Waals surface area (Å²) in [4.78, 5) is 35.7. The number of esters is 1. The first-order chi connectivity index (χ1) is 15.9. The highest BCUT2D eigenvalue weighted by Gasteiger charge is 2.37. The Kier molecular flexibility index (Phi) is 9.01. The van der Waals surface area contributed by atoms with Crippen LogP contribution >= 0.6 is 0 Å². The van der Waals surface area contributed by atoms with Crippen LogP contribution in [0.15, 0.2) is 36.5 Å². The first-order valence-electron chi connectivity index (χ1n) is 11.6. The summed E-state index contributed by atoms with van der Waals surface area (Å²) in [5.41, 5.74) is 0.170. The molecule has 1 aromatic heterocycles. The number of carboxylic acids is 1. The van der Waals surface area contributed by atoms with Gasteiger partial charge in [0.05, 0.1) is 24.5 Å². The van der Waals surface area contributed by atoms with Crippen molar-refractivity contribution in [1.82, 2.24) is 9.78 Å². The van der Waals surface area contributed by atoms with E-state index in [9.17, 15) is 19.5 Å². The van der Waals surface area contributed by atoms with Crippen molar-refractivity contribution >= 4 is 17.8 Å². The molecule has 0 aliphatic heterocycles. The zero-order valence-electron chi connectivity index (χ0n) is 21.0. The van der Waals surface area contributed by atoms with Gasteiger partial charge in [-0.3, -0.25) is 14.4 Å². The molecule has 2 unspecified atom stereocenters. The van der Waals surface area contributed by atoms with Crippen LogP contribution < -0.4 is 4.74 Å². The molecule has 34 heavy (non-hydrogen) atoms. The average molecular weight is 473 g/mol. The Morgan fingerprint density at radius 3 is 2.44 bits per heavy atom. The minimum absolute atomic E-state index is 0.204. The lowest BCUT2D eigenvalue weighted by Crippen LogP contribution is -2.35. The van der Waals surface area contributed by atoms with E-state index in [1.165, 1.54) is 11.6 Å². The Morgan fingerprint density at radius 2 is 1.85 bits per heavy atom. The molecule has 0 fully saturated rings. The van der Waals surface area contributed by atoms with E-state index < -0.39 is 11.4 Å². The standard InChI is InChI=1S/C26H36N2O6/c1-7-33-23(30)18(2)15-20-9-8-10-21(16-20)26(6,24(31)32)13-12-25(4,5)17-34-22-11-14-28(27-22)19(3)29/h8-11,14,16,18H,7,12-13,15,17H2,1-6H3,(H,31,32). The van der Waals surface area contributed by atoms with Crippen molar-refractivity contribution in [3.63, 3.8) is 0 Å². The van der Waals surface area contributed by atoms with Crippen LogP contribution in [0.25, 0.3) is 0 Å². The molecule has 0 spiro atoms. The summed E-state index contributed by atoms with van der Waals surface area (Å²) in [5, 5.41) is 14.2. The van der Waals surface area contributed by atoms with E-state index in [2.05, 4.69) is 5.10 Å². The van der Waals surface area contributed by atoms with Crippen molar-refractivity contribution < 1.29 is 29.0 Å². The Hall–Kier alpha value is -3.16. The van der Waals surface area contributed by atoms with Crippen molar-refractivity contribution in [1.29, 1.82) is 0 Å². The highest BCUT2D eigenvalue weighted by molar-refractivity contribution is 5.81. The Bertz CT molecular complexity index is 1010. The minimum atomic E-state index is -1.10. The molecular formula is C26H36N2O6. The molecule has 8 heteroatoms. The third kappa shape index (κ3) is 7.17. The first-order valence-corrected chi connectivity index (χ1v) is 11.6. The number of carbonyl (C=O) groups excluding carboxylic acids is 2. The smallest absolute Gasteiger partial charge is 0.313 e.